The second kappa shape index (κ2) is 9.50. The highest BCUT2D eigenvalue weighted by Gasteiger charge is 2.07. The molecule has 0 saturated heterocycles. The lowest BCUT2D eigenvalue weighted by atomic mass is 10.1. The molecule has 2 N–H and O–H groups in total. The molecule has 0 fully saturated rings. The predicted molar refractivity (Wildman–Crippen MR) is 93.5 cm³/mol. The first-order chi connectivity index (χ1) is 11.7. The van der Waals surface area contributed by atoms with Gasteiger partial charge in [-0.1, -0.05) is 19.1 Å². The number of rotatable bonds is 9. The van der Waals surface area contributed by atoms with Crippen LogP contribution in [0.2, 0.25) is 0 Å². The van der Waals surface area contributed by atoms with Gasteiger partial charge in [0.05, 0.1) is 6.33 Å². The molecule has 0 bridgehead atoms. The number of aryl methyl sites for hydroxylation is 2. The van der Waals surface area contributed by atoms with Crippen molar-refractivity contribution >= 4 is 17.5 Å². The summed E-state index contributed by atoms with van der Waals surface area (Å²) >= 11 is 0. The maximum atomic E-state index is 11.9. The van der Waals surface area contributed by atoms with Crippen LogP contribution >= 0.6 is 0 Å². The van der Waals surface area contributed by atoms with Crippen LogP contribution in [0.1, 0.15) is 31.7 Å². The topological polar surface area (TPSA) is 76.0 Å². The number of carbonyl (C=O) groups excluding carboxylic acids is 2. The maximum absolute atomic E-state index is 11.9. The molecule has 0 aliphatic heterocycles. The summed E-state index contributed by atoms with van der Waals surface area (Å²) in [7, 11) is 0. The minimum Gasteiger partial charge on any atom is -0.356 e. The lowest BCUT2D eigenvalue weighted by Gasteiger charge is -2.08. The molecule has 1 aromatic carbocycles. The molecule has 0 spiro atoms. The third-order valence-corrected chi connectivity index (χ3v) is 3.67. The van der Waals surface area contributed by atoms with Crippen molar-refractivity contribution in [2.45, 2.75) is 39.2 Å². The minimum atomic E-state index is -0.142. The number of imidazole rings is 1. The van der Waals surface area contributed by atoms with Gasteiger partial charge in [0, 0.05) is 44.0 Å². The average molecular weight is 328 g/mol. The minimum absolute atomic E-state index is 0.0990. The van der Waals surface area contributed by atoms with Gasteiger partial charge in [0.25, 0.3) is 0 Å². The quantitative estimate of drug-likeness (QED) is 0.694. The summed E-state index contributed by atoms with van der Waals surface area (Å²) in [6.45, 7) is 3.48. The fourth-order valence-electron chi connectivity index (χ4n) is 2.32. The van der Waals surface area contributed by atoms with E-state index in [2.05, 4.69) is 22.5 Å². The molecular formula is C18H24N4O2. The number of benzene rings is 1. The lowest BCUT2D eigenvalue weighted by molar-refractivity contribution is -0.124. The number of hydrogen-bond acceptors (Lipinski definition) is 3. The van der Waals surface area contributed by atoms with Crippen molar-refractivity contribution in [3.05, 3.63) is 48.5 Å². The SMILES string of the molecule is CCc1cccc(NC(=O)CCC(=O)NCCCn2ccnc2)c1. The van der Waals surface area contributed by atoms with Crippen molar-refractivity contribution in [3.63, 3.8) is 0 Å². The summed E-state index contributed by atoms with van der Waals surface area (Å²) in [6.07, 6.45) is 7.50. The smallest absolute Gasteiger partial charge is 0.224 e. The molecule has 2 rings (SSSR count). The van der Waals surface area contributed by atoms with E-state index in [1.165, 1.54) is 5.56 Å². The lowest BCUT2D eigenvalue weighted by Crippen LogP contribution is -2.26. The summed E-state index contributed by atoms with van der Waals surface area (Å²) < 4.78 is 1.96. The average Bonchev–Trinajstić information content (AvgIpc) is 3.10. The van der Waals surface area contributed by atoms with Gasteiger partial charge >= 0.3 is 0 Å². The van der Waals surface area contributed by atoms with Crippen LogP contribution in [-0.2, 0) is 22.6 Å². The first kappa shape index (κ1) is 17.7. The Labute approximate surface area is 142 Å². The molecule has 0 unspecified atom stereocenters. The number of aromatic nitrogens is 2. The summed E-state index contributed by atoms with van der Waals surface area (Å²) in [6, 6.07) is 7.75. The van der Waals surface area contributed by atoms with Gasteiger partial charge in [-0.25, -0.2) is 4.98 Å². The van der Waals surface area contributed by atoms with Crippen LogP contribution in [0.3, 0.4) is 0 Å². The van der Waals surface area contributed by atoms with E-state index in [0.29, 0.717) is 6.54 Å². The maximum Gasteiger partial charge on any atom is 0.224 e. The number of anilines is 1. The molecule has 0 saturated carbocycles. The van der Waals surface area contributed by atoms with Gasteiger partial charge in [-0.3, -0.25) is 9.59 Å². The molecule has 6 nitrogen and oxygen atoms in total. The number of amides is 2. The van der Waals surface area contributed by atoms with Gasteiger partial charge < -0.3 is 15.2 Å². The first-order valence-corrected chi connectivity index (χ1v) is 8.28. The van der Waals surface area contributed by atoms with Crippen molar-refractivity contribution in [2.75, 3.05) is 11.9 Å². The van der Waals surface area contributed by atoms with Crippen LogP contribution in [0.4, 0.5) is 5.69 Å². The molecule has 6 heteroatoms. The fraction of sp³-hybridized carbons (Fsp3) is 0.389. The number of nitrogens with zero attached hydrogens (tertiary/aromatic N) is 2. The van der Waals surface area contributed by atoms with E-state index in [1.54, 1.807) is 12.5 Å². The van der Waals surface area contributed by atoms with Crippen LogP contribution in [0.5, 0.6) is 0 Å². The monoisotopic (exact) mass is 328 g/mol. The normalized spacial score (nSPS) is 10.4. The van der Waals surface area contributed by atoms with Gasteiger partial charge in [0.15, 0.2) is 0 Å². The molecule has 0 aliphatic rings. The fourth-order valence-corrected chi connectivity index (χ4v) is 2.32. The van der Waals surface area contributed by atoms with E-state index in [-0.39, 0.29) is 24.7 Å². The summed E-state index contributed by atoms with van der Waals surface area (Å²) in [4.78, 5) is 27.6. The van der Waals surface area contributed by atoms with Crippen molar-refractivity contribution in [1.82, 2.24) is 14.9 Å². The highest BCUT2D eigenvalue weighted by molar-refractivity contribution is 5.93. The predicted octanol–water partition coefficient (Wildman–Crippen LogP) is 2.37. The van der Waals surface area contributed by atoms with Crippen molar-refractivity contribution in [1.29, 1.82) is 0 Å². The van der Waals surface area contributed by atoms with Crippen molar-refractivity contribution in [2.24, 2.45) is 0 Å². The van der Waals surface area contributed by atoms with E-state index < -0.39 is 0 Å². The summed E-state index contributed by atoms with van der Waals surface area (Å²) in [5.41, 5.74) is 1.95. The van der Waals surface area contributed by atoms with E-state index in [9.17, 15) is 9.59 Å². The molecule has 0 radical (unpaired) electrons. The first-order valence-electron chi connectivity index (χ1n) is 8.28. The molecule has 0 aliphatic carbocycles. The Hall–Kier alpha value is -2.63. The molecule has 2 aromatic rings. The Morgan fingerprint density at radius 3 is 2.79 bits per heavy atom. The third-order valence-electron chi connectivity index (χ3n) is 3.67. The second-order valence-corrected chi connectivity index (χ2v) is 5.61. The number of nitrogens with one attached hydrogen (secondary N) is 2. The van der Waals surface area contributed by atoms with Crippen LogP contribution in [0.25, 0.3) is 0 Å². The van der Waals surface area contributed by atoms with Gasteiger partial charge in [0.1, 0.15) is 0 Å². The standard InChI is InChI=1S/C18H24N4O2/c1-2-15-5-3-6-16(13-15)21-18(24)8-7-17(23)20-9-4-11-22-12-10-19-14-22/h3,5-6,10,12-14H,2,4,7-9,11H2,1H3,(H,20,23)(H,21,24). The second-order valence-electron chi connectivity index (χ2n) is 5.61. The molecule has 1 aromatic heterocycles. The van der Waals surface area contributed by atoms with E-state index in [1.807, 2.05) is 35.0 Å². The third kappa shape index (κ3) is 6.24. The summed E-state index contributed by atoms with van der Waals surface area (Å²) in [5.74, 6) is -0.241. The molecule has 1 heterocycles. The van der Waals surface area contributed by atoms with Crippen LogP contribution in [-0.4, -0.2) is 27.9 Å². The van der Waals surface area contributed by atoms with E-state index in [0.717, 1.165) is 25.1 Å². The molecule has 24 heavy (non-hydrogen) atoms. The van der Waals surface area contributed by atoms with Crippen LogP contribution < -0.4 is 10.6 Å². The van der Waals surface area contributed by atoms with Crippen LogP contribution in [0, 0.1) is 0 Å². The van der Waals surface area contributed by atoms with E-state index in [4.69, 9.17) is 0 Å². The zero-order valence-corrected chi connectivity index (χ0v) is 14.0. The Morgan fingerprint density at radius 1 is 1.21 bits per heavy atom. The largest absolute Gasteiger partial charge is 0.356 e. The van der Waals surface area contributed by atoms with Gasteiger partial charge in [-0.15, -0.1) is 0 Å². The number of hydrogen-bond donors (Lipinski definition) is 2. The van der Waals surface area contributed by atoms with Gasteiger partial charge in [-0.05, 0) is 30.5 Å². The zero-order valence-electron chi connectivity index (χ0n) is 14.0. The van der Waals surface area contributed by atoms with Crippen molar-refractivity contribution < 1.29 is 9.59 Å². The summed E-state index contributed by atoms with van der Waals surface area (Å²) in [5, 5.41) is 5.66. The Morgan fingerprint density at radius 2 is 2.04 bits per heavy atom. The van der Waals surface area contributed by atoms with Crippen molar-refractivity contribution in [3.8, 4) is 0 Å². The molecule has 2 amide bonds. The Balaban J connectivity index is 1.61. The van der Waals surface area contributed by atoms with E-state index >= 15 is 0 Å². The zero-order chi connectivity index (χ0) is 17.2. The molecular weight excluding hydrogens is 304 g/mol. The number of carbonyl (C=O) groups is 2. The molecule has 128 valence electrons. The highest BCUT2D eigenvalue weighted by Crippen LogP contribution is 2.11. The van der Waals surface area contributed by atoms with Crippen LogP contribution in [0.15, 0.2) is 43.0 Å². The molecule has 0 atom stereocenters. The highest BCUT2D eigenvalue weighted by atomic mass is 16.2. The van der Waals surface area contributed by atoms with Gasteiger partial charge in [-0.2, -0.15) is 0 Å². The van der Waals surface area contributed by atoms with Gasteiger partial charge in [0.2, 0.25) is 11.8 Å². The Bertz CT molecular complexity index is 653. The Kier molecular flexibility index (Phi) is 7.01.